The summed E-state index contributed by atoms with van der Waals surface area (Å²) < 4.78 is 17.6. The van der Waals surface area contributed by atoms with Crippen LogP contribution in [0, 0.1) is 5.92 Å². The van der Waals surface area contributed by atoms with Gasteiger partial charge in [-0.3, -0.25) is 19.5 Å². The van der Waals surface area contributed by atoms with Crippen LogP contribution >= 0.6 is 0 Å². The number of ether oxygens (including phenoxy) is 3. The van der Waals surface area contributed by atoms with Gasteiger partial charge in [0.2, 0.25) is 18.4 Å². The van der Waals surface area contributed by atoms with Crippen molar-refractivity contribution in [1.29, 1.82) is 0 Å². The number of carbonyl (C=O) groups excluding carboxylic acids is 1. The number of aliphatic carboxylic acids is 1. The first-order valence-electron chi connectivity index (χ1n) is 15.0. The highest BCUT2D eigenvalue weighted by molar-refractivity contribution is 5.79. The van der Waals surface area contributed by atoms with Crippen molar-refractivity contribution in [2.45, 2.75) is 51.0 Å². The first-order chi connectivity index (χ1) is 20.1. The van der Waals surface area contributed by atoms with Gasteiger partial charge in [0.1, 0.15) is 0 Å². The van der Waals surface area contributed by atoms with Gasteiger partial charge >= 0.3 is 5.97 Å². The smallest absolute Gasteiger partial charge is 0.308 e. The number of amides is 1. The van der Waals surface area contributed by atoms with Crippen LogP contribution in [0.4, 0.5) is 0 Å². The summed E-state index contributed by atoms with van der Waals surface area (Å²) in [6, 6.07) is 9.15. The quantitative estimate of drug-likeness (QED) is 0.317. The molecular weight excluding hydrogens is 536 g/mol. The van der Waals surface area contributed by atoms with Gasteiger partial charge in [0.05, 0.1) is 47.3 Å². The second kappa shape index (κ2) is 14.2. The molecule has 2 aromatic rings. The molecule has 1 aromatic carbocycles. The van der Waals surface area contributed by atoms with Crippen molar-refractivity contribution >= 4 is 11.9 Å². The fraction of sp³-hybridized carbons (Fsp3) is 0.594. The van der Waals surface area contributed by atoms with Crippen molar-refractivity contribution in [2.75, 3.05) is 67.8 Å². The van der Waals surface area contributed by atoms with E-state index in [1.165, 1.54) is 0 Å². The van der Waals surface area contributed by atoms with E-state index in [2.05, 4.69) is 38.0 Å². The molecule has 1 N–H and O–H groups in total. The number of aryl methyl sites for hydroxylation is 1. The first kappa shape index (κ1) is 31.6. The average molecular weight is 584 g/mol. The second-order valence-electron chi connectivity index (χ2n) is 12.4. The zero-order valence-electron chi connectivity index (χ0n) is 25.8. The van der Waals surface area contributed by atoms with E-state index in [0.717, 1.165) is 41.5 Å². The molecule has 0 spiro atoms. The molecule has 3 unspecified atom stereocenters. The van der Waals surface area contributed by atoms with E-state index in [-0.39, 0.29) is 31.2 Å². The highest BCUT2D eigenvalue weighted by atomic mass is 16.7. The lowest BCUT2D eigenvalue weighted by molar-refractivity contribution is -0.870. The fourth-order valence-electron chi connectivity index (χ4n) is 6.12. The maximum absolute atomic E-state index is 13.8. The van der Waals surface area contributed by atoms with Crippen molar-refractivity contribution in [2.24, 2.45) is 5.92 Å². The lowest BCUT2D eigenvalue weighted by atomic mass is 9.83. The van der Waals surface area contributed by atoms with Crippen molar-refractivity contribution in [3.05, 3.63) is 47.8 Å². The highest BCUT2D eigenvalue weighted by Gasteiger charge is 2.47. The molecule has 4 rings (SSSR count). The number of carbonyl (C=O) groups is 2. The zero-order chi connectivity index (χ0) is 30.3. The Morgan fingerprint density at radius 3 is 2.62 bits per heavy atom. The predicted octanol–water partition coefficient (Wildman–Crippen LogP) is 3.65. The molecule has 0 aliphatic carbocycles. The topological polar surface area (TPSA) is 101 Å². The van der Waals surface area contributed by atoms with Gasteiger partial charge in [-0.1, -0.05) is 19.4 Å². The number of nitrogens with zero attached hydrogens (tertiary/aromatic N) is 4. The van der Waals surface area contributed by atoms with E-state index in [1.807, 2.05) is 35.2 Å². The number of hydrogen-bond donors (Lipinski definition) is 1. The second-order valence-corrected chi connectivity index (χ2v) is 12.4. The molecule has 0 radical (unpaired) electrons. The number of methoxy groups -OCH3 is 1. The van der Waals surface area contributed by atoms with Gasteiger partial charge in [0, 0.05) is 49.9 Å². The first-order valence-corrected chi connectivity index (χ1v) is 15.0. The molecule has 2 aliphatic heterocycles. The van der Waals surface area contributed by atoms with Crippen molar-refractivity contribution < 1.29 is 33.4 Å². The number of pyridine rings is 1. The summed E-state index contributed by atoms with van der Waals surface area (Å²) in [4.78, 5) is 35.2. The molecule has 230 valence electrons. The minimum absolute atomic E-state index is 0.0563. The molecular formula is C32H47N4O6+. The Labute approximate surface area is 249 Å². The Morgan fingerprint density at radius 2 is 1.95 bits per heavy atom. The van der Waals surface area contributed by atoms with Gasteiger partial charge in [0.25, 0.3) is 0 Å². The molecule has 10 nitrogen and oxygen atoms in total. The van der Waals surface area contributed by atoms with E-state index in [4.69, 9.17) is 14.2 Å². The van der Waals surface area contributed by atoms with E-state index in [0.29, 0.717) is 49.7 Å². The summed E-state index contributed by atoms with van der Waals surface area (Å²) in [6.07, 6.45) is 5.82. The summed E-state index contributed by atoms with van der Waals surface area (Å²) in [5.41, 5.74) is 1.72. The summed E-state index contributed by atoms with van der Waals surface area (Å²) in [5, 5.41) is 10.6. The number of benzene rings is 1. The van der Waals surface area contributed by atoms with Gasteiger partial charge in [-0.05, 0) is 49.1 Å². The van der Waals surface area contributed by atoms with E-state index >= 15 is 0 Å². The number of likely N-dealkylation sites (tertiary alicyclic amines) is 1. The molecule has 0 saturated carbocycles. The molecule has 10 heteroatoms. The third-order valence-electron chi connectivity index (χ3n) is 8.29. The van der Waals surface area contributed by atoms with Gasteiger partial charge in [-0.15, -0.1) is 0 Å². The number of quaternary nitrogens is 1. The van der Waals surface area contributed by atoms with Gasteiger partial charge in [-0.25, -0.2) is 0 Å². The highest BCUT2D eigenvalue weighted by Crippen LogP contribution is 2.47. The van der Waals surface area contributed by atoms with Crippen LogP contribution in [0.15, 0.2) is 36.5 Å². The van der Waals surface area contributed by atoms with Crippen LogP contribution < -0.4 is 14.2 Å². The molecule has 3 atom stereocenters. The Bertz CT molecular complexity index is 1200. The maximum Gasteiger partial charge on any atom is 0.308 e. The molecule has 1 aromatic heterocycles. The number of rotatable bonds is 15. The molecule has 0 bridgehead atoms. The molecule has 1 saturated heterocycles. The van der Waals surface area contributed by atoms with E-state index in [9.17, 15) is 14.7 Å². The number of fused-ring (bicyclic) bond motifs is 1. The largest absolute Gasteiger partial charge is 0.493 e. The Morgan fingerprint density at radius 1 is 1.17 bits per heavy atom. The lowest BCUT2D eigenvalue weighted by Gasteiger charge is -2.30. The maximum atomic E-state index is 13.8. The molecule has 42 heavy (non-hydrogen) atoms. The van der Waals surface area contributed by atoms with Crippen LogP contribution in [-0.4, -0.2) is 110 Å². The molecule has 1 fully saturated rings. The number of aromatic nitrogens is 1. The van der Waals surface area contributed by atoms with Crippen molar-refractivity contribution in [3.8, 4) is 17.2 Å². The number of carboxylic acids is 1. The van der Waals surface area contributed by atoms with Gasteiger partial charge in [-0.2, -0.15) is 0 Å². The Balaban J connectivity index is 1.61. The summed E-state index contributed by atoms with van der Waals surface area (Å²) >= 11 is 0. The SMILES string of the molecule is CCCCN(CCC[N+](C)(C)C)C(=O)CN1CC(c2cc(OC)c3c(c2)OCO3)C(C(=O)O)C1CCc1ccccn1. The van der Waals surface area contributed by atoms with Crippen LogP contribution in [0.1, 0.15) is 49.8 Å². The lowest BCUT2D eigenvalue weighted by Crippen LogP contribution is -2.45. The number of unbranched alkanes of at least 4 members (excludes halogenated alkanes) is 1. The predicted molar refractivity (Wildman–Crippen MR) is 160 cm³/mol. The van der Waals surface area contributed by atoms with Crippen molar-refractivity contribution in [3.63, 3.8) is 0 Å². The standard InChI is InChI=1S/C32H46N4O6/c1-6-7-15-34(16-10-17-36(2,3)4)29(37)21-35-20-25(23-18-27(40-5)31-28(19-23)41-22-42-31)30(32(38)39)26(35)13-12-24-11-8-9-14-33-24/h8-9,11,14,18-19,25-26,30H,6-7,10,12-13,15-17,20-22H2,1-5H3/p+1. The number of carboxylic acid groups (broad SMARTS) is 1. The monoisotopic (exact) mass is 583 g/mol. The molecule has 1 amide bonds. The molecule has 2 aliphatic rings. The van der Waals surface area contributed by atoms with Crippen molar-refractivity contribution in [1.82, 2.24) is 14.8 Å². The van der Waals surface area contributed by atoms with Gasteiger partial charge < -0.3 is 28.7 Å². The normalized spacial score (nSPS) is 20.1. The van der Waals surface area contributed by atoms with Crippen LogP contribution in [0.5, 0.6) is 17.2 Å². The summed E-state index contributed by atoms with van der Waals surface area (Å²) in [5.74, 6) is -0.277. The fourth-order valence-corrected chi connectivity index (χ4v) is 6.12. The van der Waals surface area contributed by atoms with E-state index < -0.39 is 11.9 Å². The Hall–Kier alpha value is -3.37. The van der Waals surface area contributed by atoms with Crippen LogP contribution in [-0.2, 0) is 16.0 Å². The van der Waals surface area contributed by atoms with Crippen LogP contribution in [0.2, 0.25) is 0 Å². The summed E-state index contributed by atoms with van der Waals surface area (Å²) in [7, 11) is 8.04. The molecule has 3 heterocycles. The minimum atomic E-state index is -0.872. The zero-order valence-corrected chi connectivity index (χ0v) is 25.8. The van der Waals surface area contributed by atoms with Gasteiger partial charge in [0.15, 0.2) is 11.5 Å². The third kappa shape index (κ3) is 7.92. The van der Waals surface area contributed by atoms with Crippen LogP contribution in [0.25, 0.3) is 0 Å². The Kier molecular flexibility index (Phi) is 10.7. The van der Waals surface area contributed by atoms with E-state index in [1.54, 1.807) is 13.3 Å². The third-order valence-corrected chi connectivity index (χ3v) is 8.29. The summed E-state index contributed by atoms with van der Waals surface area (Å²) in [6.45, 7) is 5.24. The number of hydrogen-bond acceptors (Lipinski definition) is 7. The minimum Gasteiger partial charge on any atom is -0.493 e. The van der Waals surface area contributed by atoms with Crippen LogP contribution in [0.3, 0.4) is 0 Å². The average Bonchev–Trinajstić information content (AvgIpc) is 3.58.